The average Bonchev–Trinajstić information content (AvgIpc) is 2.61. The van der Waals surface area contributed by atoms with E-state index in [0.717, 1.165) is 5.56 Å². The molecule has 0 fully saturated rings. The van der Waals surface area contributed by atoms with E-state index in [-0.39, 0.29) is 12.0 Å². The highest BCUT2D eigenvalue weighted by atomic mass is 16.5. The number of carbonyl (C=O) groups excluding carboxylic acids is 1. The van der Waals surface area contributed by atoms with E-state index >= 15 is 0 Å². The van der Waals surface area contributed by atoms with Gasteiger partial charge in [-0.25, -0.2) is 0 Å². The Morgan fingerprint density at radius 3 is 2.88 bits per heavy atom. The molecule has 0 bridgehead atoms. The van der Waals surface area contributed by atoms with Crippen LogP contribution in [0.2, 0.25) is 0 Å². The first-order valence-corrected chi connectivity index (χ1v) is 7.70. The summed E-state index contributed by atoms with van der Waals surface area (Å²) < 4.78 is 6.09. The number of nitrogens with zero attached hydrogens (tertiary/aromatic N) is 3. The van der Waals surface area contributed by atoms with E-state index in [1.165, 1.54) is 11.5 Å². The number of methoxy groups -OCH3 is 1. The van der Waals surface area contributed by atoms with E-state index < -0.39 is 23.3 Å². The highest BCUT2D eigenvalue weighted by molar-refractivity contribution is 5.71. The Morgan fingerprint density at radius 2 is 2.20 bits per heavy atom. The number of aromatic hydroxyl groups is 1. The fourth-order valence-corrected chi connectivity index (χ4v) is 2.77. The normalized spacial score (nSPS) is 12.1. The van der Waals surface area contributed by atoms with Crippen LogP contribution in [0.15, 0.2) is 47.7 Å². The van der Waals surface area contributed by atoms with Crippen LogP contribution >= 0.6 is 0 Å². The largest absolute Gasteiger partial charge is 0.493 e. The van der Waals surface area contributed by atoms with Gasteiger partial charge in [0.2, 0.25) is 5.88 Å². The highest BCUT2D eigenvalue weighted by Gasteiger charge is 2.27. The zero-order chi connectivity index (χ0) is 18.0. The predicted octanol–water partition coefficient (Wildman–Crippen LogP) is 1.80. The Kier molecular flexibility index (Phi) is 4.47. The molecule has 3 rings (SSSR count). The van der Waals surface area contributed by atoms with Crippen molar-refractivity contribution in [1.82, 2.24) is 14.4 Å². The zero-order valence-corrected chi connectivity index (χ0v) is 13.8. The van der Waals surface area contributed by atoms with Crippen molar-refractivity contribution in [2.24, 2.45) is 0 Å². The average molecular weight is 339 g/mol. The first kappa shape index (κ1) is 16.6. The summed E-state index contributed by atoms with van der Waals surface area (Å²) in [6, 6.07) is 6.91. The van der Waals surface area contributed by atoms with Gasteiger partial charge in [0.05, 0.1) is 19.1 Å². The number of hydrogen-bond donors (Lipinski definition) is 1. The molecule has 1 N–H and O–H groups in total. The van der Waals surface area contributed by atoms with E-state index in [2.05, 4.69) is 9.97 Å². The molecule has 3 heterocycles. The summed E-state index contributed by atoms with van der Waals surface area (Å²) in [4.78, 5) is 32.9. The zero-order valence-electron chi connectivity index (χ0n) is 13.8. The maximum absolute atomic E-state index is 12.9. The molecule has 0 aliphatic heterocycles. The van der Waals surface area contributed by atoms with Crippen LogP contribution in [0.4, 0.5) is 0 Å². The summed E-state index contributed by atoms with van der Waals surface area (Å²) in [6.45, 7) is 1.87. The lowest BCUT2D eigenvalue weighted by atomic mass is 9.90. The van der Waals surface area contributed by atoms with Crippen LogP contribution in [0.3, 0.4) is 0 Å². The SMILES string of the molecule is COC(=O)C[C@H](c1cccnc1)c1c(O)nc2cc(C)ccn2c1=O. The molecule has 0 amide bonds. The quantitative estimate of drug-likeness (QED) is 0.729. The lowest BCUT2D eigenvalue weighted by Crippen LogP contribution is -2.24. The van der Waals surface area contributed by atoms with Crippen molar-refractivity contribution in [3.05, 3.63) is 69.9 Å². The van der Waals surface area contributed by atoms with Crippen LogP contribution in [0.25, 0.3) is 5.65 Å². The third kappa shape index (κ3) is 3.21. The monoisotopic (exact) mass is 339 g/mol. The minimum absolute atomic E-state index is 0.0414. The first-order chi connectivity index (χ1) is 12.0. The van der Waals surface area contributed by atoms with Gasteiger partial charge in [-0.1, -0.05) is 6.07 Å². The van der Waals surface area contributed by atoms with Gasteiger partial charge in [0.15, 0.2) is 0 Å². The second kappa shape index (κ2) is 6.72. The predicted molar refractivity (Wildman–Crippen MR) is 90.6 cm³/mol. The van der Waals surface area contributed by atoms with Gasteiger partial charge in [0.1, 0.15) is 5.65 Å². The third-order valence-electron chi connectivity index (χ3n) is 4.03. The Morgan fingerprint density at radius 1 is 1.40 bits per heavy atom. The summed E-state index contributed by atoms with van der Waals surface area (Å²) in [5.74, 6) is -1.60. The van der Waals surface area contributed by atoms with Gasteiger partial charge in [-0.15, -0.1) is 0 Å². The highest BCUT2D eigenvalue weighted by Crippen LogP contribution is 2.30. The lowest BCUT2D eigenvalue weighted by molar-refractivity contribution is -0.140. The molecule has 0 aromatic carbocycles. The molecule has 7 nitrogen and oxygen atoms in total. The molecule has 1 atom stereocenters. The van der Waals surface area contributed by atoms with Crippen LogP contribution in [-0.2, 0) is 9.53 Å². The molecule has 0 saturated heterocycles. The molecule has 0 radical (unpaired) electrons. The van der Waals surface area contributed by atoms with Crippen molar-refractivity contribution >= 4 is 11.6 Å². The van der Waals surface area contributed by atoms with Crippen molar-refractivity contribution in [2.75, 3.05) is 7.11 Å². The third-order valence-corrected chi connectivity index (χ3v) is 4.03. The number of aryl methyl sites for hydroxylation is 1. The van der Waals surface area contributed by atoms with Gasteiger partial charge in [-0.3, -0.25) is 19.0 Å². The Labute approximate surface area is 143 Å². The van der Waals surface area contributed by atoms with Crippen molar-refractivity contribution < 1.29 is 14.6 Å². The summed E-state index contributed by atoms with van der Waals surface area (Å²) in [7, 11) is 1.27. The van der Waals surface area contributed by atoms with Crippen LogP contribution in [-0.4, -0.2) is 32.6 Å². The molecule has 0 saturated carbocycles. The molecule has 0 spiro atoms. The topological polar surface area (TPSA) is 93.8 Å². The number of ether oxygens (including phenoxy) is 1. The molecule has 3 aromatic rings. The molecule has 0 unspecified atom stereocenters. The van der Waals surface area contributed by atoms with Crippen LogP contribution in [0.5, 0.6) is 5.88 Å². The van der Waals surface area contributed by atoms with E-state index in [4.69, 9.17) is 4.74 Å². The number of rotatable bonds is 4. The van der Waals surface area contributed by atoms with Gasteiger partial charge in [-0.2, -0.15) is 4.98 Å². The molecular weight excluding hydrogens is 322 g/mol. The van der Waals surface area contributed by atoms with Crippen molar-refractivity contribution in [1.29, 1.82) is 0 Å². The molecule has 0 aliphatic rings. The number of fused-ring (bicyclic) bond motifs is 1. The smallest absolute Gasteiger partial charge is 0.306 e. The van der Waals surface area contributed by atoms with Gasteiger partial charge in [0, 0.05) is 24.5 Å². The van der Waals surface area contributed by atoms with Crippen molar-refractivity contribution in [3.63, 3.8) is 0 Å². The molecule has 128 valence electrons. The van der Waals surface area contributed by atoms with Gasteiger partial charge < -0.3 is 9.84 Å². The lowest BCUT2D eigenvalue weighted by Gasteiger charge is -2.17. The maximum atomic E-state index is 12.9. The summed E-state index contributed by atoms with van der Waals surface area (Å²) in [6.07, 6.45) is 4.63. The fraction of sp³-hybridized carbons (Fsp3) is 0.222. The van der Waals surface area contributed by atoms with E-state index in [1.807, 2.05) is 6.92 Å². The first-order valence-electron chi connectivity index (χ1n) is 7.70. The Hall–Kier alpha value is -3.22. The van der Waals surface area contributed by atoms with Gasteiger partial charge in [-0.05, 0) is 36.2 Å². The van der Waals surface area contributed by atoms with Gasteiger partial charge >= 0.3 is 5.97 Å². The number of esters is 1. The number of pyridine rings is 2. The number of aromatic nitrogens is 3. The molecule has 7 heteroatoms. The summed E-state index contributed by atoms with van der Waals surface area (Å²) >= 11 is 0. The van der Waals surface area contributed by atoms with Crippen molar-refractivity contribution in [2.45, 2.75) is 19.3 Å². The van der Waals surface area contributed by atoms with Crippen LogP contribution < -0.4 is 5.56 Å². The second-order valence-electron chi connectivity index (χ2n) is 5.71. The maximum Gasteiger partial charge on any atom is 0.306 e. The Balaban J connectivity index is 2.23. The molecular formula is C18H17N3O4. The summed E-state index contributed by atoms with van der Waals surface area (Å²) in [5.41, 5.74) is 1.49. The van der Waals surface area contributed by atoms with E-state index in [1.54, 1.807) is 42.9 Å². The van der Waals surface area contributed by atoms with Crippen molar-refractivity contribution in [3.8, 4) is 5.88 Å². The number of hydrogen-bond acceptors (Lipinski definition) is 6. The van der Waals surface area contributed by atoms with E-state index in [9.17, 15) is 14.7 Å². The van der Waals surface area contributed by atoms with Crippen LogP contribution in [0.1, 0.15) is 29.0 Å². The number of carbonyl (C=O) groups is 1. The van der Waals surface area contributed by atoms with E-state index in [0.29, 0.717) is 11.2 Å². The summed E-state index contributed by atoms with van der Waals surface area (Å²) in [5, 5.41) is 10.4. The van der Waals surface area contributed by atoms with Crippen LogP contribution in [0, 0.1) is 6.92 Å². The fourth-order valence-electron chi connectivity index (χ4n) is 2.77. The Bertz CT molecular complexity index is 983. The standard InChI is InChI=1S/C18H17N3O4/c1-11-5-7-21-14(8-11)20-17(23)16(18(21)24)13(9-15(22)25-2)12-4-3-6-19-10-12/h3-8,10,13,23H,9H2,1-2H3/t13-/m1/s1. The molecule has 25 heavy (non-hydrogen) atoms. The second-order valence-corrected chi connectivity index (χ2v) is 5.71. The van der Waals surface area contributed by atoms with Gasteiger partial charge in [0.25, 0.3) is 5.56 Å². The minimum Gasteiger partial charge on any atom is -0.493 e. The molecule has 0 aliphatic carbocycles. The minimum atomic E-state index is -0.709. The molecule has 3 aromatic heterocycles.